The molecule has 0 atom stereocenters. The van der Waals surface area contributed by atoms with Gasteiger partial charge in [0.1, 0.15) is 0 Å². The number of hydrogen-bond acceptors (Lipinski definition) is 6. The Morgan fingerprint density at radius 1 is 1.31 bits per heavy atom. The molecular formula is C8H17N2O5Re. The predicted octanol–water partition coefficient (Wildman–Crippen LogP) is -0.217. The van der Waals surface area contributed by atoms with E-state index in [1.165, 1.54) is 0 Å². The van der Waals surface area contributed by atoms with Crippen LogP contribution in [0.1, 0.15) is 6.92 Å². The van der Waals surface area contributed by atoms with Crippen molar-refractivity contribution in [3.05, 3.63) is 12.4 Å². The Kier molecular flexibility index (Phi) is 7.25. The number of nitrogens with zero attached hydrogens (tertiary/aromatic N) is 2. The molecule has 1 aliphatic heterocycles. The van der Waals surface area contributed by atoms with E-state index in [-0.39, 0.29) is 0 Å². The quantitative estimate of drug-likeness (QED) is 0.690. The molecule has 0 amide bonds. The normalized spacial score (nSPS) is 14.9. The molecule has 96 valence electrons. The first kappa shape index (κ1) is 15.3. The van der Waals surface area contributed by atoms with Crippen LogP contribution in [0.25, 0.3) is 0 Å². The molecule has 0 saturated carbocycles. The SMILES string of the molecule is CCN1C=CN(CCOC)C1.[O]=[Re](=[O])(=[O])[OH]. The van der Waals surface area contributed by atoms with Crippen molar-refractivity contribution in [3.8, 4) is 0 Å². The van der Waals surface area contributed by atoms with E-state index in [2.05, 4.69) is 29.1 Å². The van der Waals surface area contributed by atoms with Crippen molar-refractivity contribution in [2.24, 2.45) is 0 Å². The summed E-state index contributed by atoms with van der Waals surface area (Å²) in [5.74, 6) is 0. The zero-order valence-corrected chi connectivity index (χ0v) is 12.1. The third-order valence-electron chi connectivity index (χ3n) is 1.84. The molecule has 1 heterocycles. The molecule has 0 unspecified atom stereocenters. The maximum absolute atomic E-state index is 8.75. The average molecular weight is 407 g/mol. The van der Waals surface area contributed by atoms with Crippen molar-refractivity contribution in [1.29, 1.82) is 0 Å². The summed E-state index contributed by atoms with van der Waals surface area (Å²) >= 11 is -5.86. The van der Waals surface area contributed by atoms with Crippen molar-refractivity contribution in [2.45, 2.75) is 6.92 Å². The van der Waals surface area contributed by atoms with Gasteiger partial charge in [0.25, 0.3) is 0 Å². The molecule has 0 aliphatic carbocycles. The Morgan fingerprint density at radius 3 is 2.19 bits per heavy atom. The average Bonchev–Trinajstić information content (AvgIpc) is 2.59. The molecule has 0 saturated heterocycles. The van der Waals surface area contributed by atoms with Crippen molar-refractivity contribution in [2.75, 3.05) is 33.5 Å². The van der Waals surface area contributed by atoms with Gasteiger partial charge in [-0.05, 0) is 6.92 Å². The van der Waals surface area contributed by atoms with Crippen LogP contribution < -0.4 is 0 Å². The minimum atomic E-state index is -5.86. The molecule has 0 fully saturated rings. The van der Waals surface area contributed by atoms with Crippen LogP contribution in [0, 0.1) is 0 Å². The summed E-state index contributed by atoms with van der Waals surface area (Å²) in [5.41, 5.74) is 0. The van der Waals surface area contributed by atoms with Crippen LogP contribution in [0.2, 0.25) is 0 Å². The summed E-state index contributed by atoms with van der Waals surface area (Å²) in [5, 5.41) is 0. The van der Waals surface area contributed by atoms with Crippen LogP contribution in [0.3, 0.4) is 0 Å². The van der Waals surface area contributed by atoms with E-state index in [1.807, 2.05) is 0 Å². The molecule has 1 aliphatic rings. The summed E-state index contributed by atoms with van der Waals surface area (Å²) in [6.45, 7) is 6.05. The number of ether oxygens (including phenoxy) is 1. The van der Waals surface area contributed by atoms with Gasteiger partial charge in [-0.3, -0.25) is 0 Å². The second kappa shape index (κ2) is 7.57. The predicted molar refractivity (Wildman–Crippen MR) is 49.2 cm³/mol. The third kappa shape index (κ3) is 9.86. The maximum atomic E-state index is 8.75. The van der Waals surface area contributed by atoms with Crippen LogP contribution in [0.15, 0.2) is 12.4 Å². The fourth-order valence-electron chi connectivity index (χ4n) is 1.08. The first-order valence-electron chi connectivity index (χ1n) is 4.65. The summed E-state index contributed by atoms with van der Waals surface area (Å²) in [6.07, 6.45) is 4.23. The van der Waals surface area contributed by atoms with Crippen LogP contribution in [-0.4, -0.2) is 47.1 Å². The van der Waals surface area contributed by atoms with E-state index in [0.29, 0.717) is 0 Å². The molecule has 0 aromatic carbocycles. The van der Waals surface area contributed by atoms with Gasteiger partial charge in [-0.1, -0.05) is 0 Å². The third-order valence-corrected chi connectivity index (χ3v) is 1.84. The molecule has 0 bridgehead atoms. The zero-order valence-electron chi connectivity index (χ0n) is 9.34. The number of methoxy groups -OCH3 is 1. The standard InChI is InChI=1S/C8H16N2O.H2O.3O.Re/c1-3-9-4-5-10(8-9)6-7-11-2;;;;;/h4-5H,3,6-8H2,1-2H3;1H2;;;;/q;;;;;+1/p-1. The van der Waals surface area contributed by atoms with Gasteiger partial charge in [-0.25, -0.2) is 0 Å². The molecule has 8 heteroatoms. The number of hydrogen-bond donors (Lipinski definition) is 1. The van der Waals surface area contributed by atoms with E-state index < -0.39 is 15.8 Å². The van der Waals surface area contributed by atoms with Crippen LogP contribution in [-0.2, 0) is 30.9 Å². The summed E-state index contributed by atoms with van der Waals surface area (Å²) in [7, 11) is 1.73. The Balaban J connectivity index is 0.000000385. The van der Waals surface area contributed by atoms with Crippen molar-refractivity contribution in [3.63, 3.8) is 0 Å². The summed E-state index contributed by atoms with van der Waals surface area (Å²) in [6, 6.07) is 0. The van der Waals surface area contributed by atoms with E-state index in [9.17, 15) is 0 Å². The summed E-state index contributed by atoms with van der Waals surface area (Å²) in [4.78, 5) is 4.50. The van der Waals surface area contributed by atoms with Crippen molar-refractivity contribution >= 4 is 0 Å². The Bertz CT molecular complexity index is 345. The molecule has 1 N–H and O–H groups in total. The first-order valence-corrected chi connectivity index (χ1v) is 9.19. The van der Waals surface area contributed by atoms with Gasteiger partial charge in [0.15, 0.2) is 0 Å². The Labute approximate surface area is 97.6 Å². The fraction of sp³-hybridized carbons (Fsp3) is 0.750. The van der Waals surface area contributed by atoms with Gasteiger partial charge in [-0.2, -0.15) is 0 Å². The second-order valence-electron chi connectivity index (χ2n) is 3.05. The molecule has 7 nitrogen and oxygen atoms in total. The van der Waals surface area contributed by atoms with Gasteiger partial charge in [0, 0.05) is 32.6 Å². The van der Waals surface area contributed by atoms with Gasteiger partial charge in [0.05, 0.1) is 13.3 Å². The first-order chi connectivity index (χ1) is 7.36. The van der Waals surface area contributed by atoms with Crippen molar-refractivity contribution < 1.29 is 34.8 Å². The molecular weight excluding hydrogens is 390 g/mol. The van der Waals surface area contributed by atoms with Gasteiger partial charge in [0.2, 0.25) is 0 Å². The van der Waals surface area contributed by atoms with Crippen molar-refractivity contribution in [1.82, 2.24) is 9.80 Å². The molecule has 0 radical (unpaired) electrons. The molecule has 16 heavy (non-hydrogen) atoms. The van der Waals surface area contributed by atoms with E-state index in [0.717, 1.165) is 26.4 Å². The van der Waals surface area contributed by atoms with E-state index in [4.69, 9.17) is 19.0 Å². The van der Waals surface area contributed by atoms with Crippen LogP contribution in [0.5, 0.6) is 0 Å². The van der Waals surface area contributed by atoms with Crippen LogP contribution in [0.4, 0.5) is 0 Å². The Morgan fingerprint density at radius 2 is 1.81 bits per heavy atom. The molecule has 1 rings (SSSR count). The topological polar surface area (TPSA) is 87.2 Å². The Hall–Kier alpha value is -0.678. The molecule has 0 spiro atoms. The summed E-state index contributed by atoms with van der Waals surface area (Å²) < 4.78 is 38.3. The molecule has 0 aromatic rings. The van der Waals surface area contributed by atoms with Gasteiger partial charge < -0.3 is 14.5 Å². The molecule has 0 aromatic heterocycles. The van der Waals surface area contributed by atoms with Crippen LogP contribution >= 0.6 is 0 Å². The van der Waals surface area contributed by atoms with Gasteiger partial charge in [-0.15, -0.1) is 0 Å². The zero-order chi connectivity index (χ0) is 12.6. The van der Waals surface area contributed by atoms with E-state index >= 15 is 0 Å². The monoisotopic (exact) mass is 408 g/mol. The van der Waals surface area contributed by atoms with Gasteiger partial charge >= 0.3 is 30.0 Å². The minimum absolute atomic E-state index is 0.807. The fourth-order valence-corrected chi connectivity index (χ4v) is 1.08. The van der Waals surface area contributed by atoms with E-state index in [1.54, 1.807) is 7.11 Å². The number of rotatable bonds is 4. The second-order valence-corrected chi connectivity index (χ2v) is 5.89.